The molecule has 7 nitrogen and oxygen atoms in total. The number of alkyl halides is 3. The summed E-state index contributed by atoms with van der Waals surface area (Å²) in [6.45, 7) is 0. The molecular weight excluding hydrogens is 387 g/mol. The Kier molecular flexibility index (Phi) is 4.27. The van der Waals surface area contributed by atoms with Crippen LogP contribution in [-0.2, 0) is 6.18 Å². The van der Waals surface area contributed by atoms with Gasteiger partial charge in [0.2, 0.25) is 5.88 Å². The number of halogens is 3. The number of imidazole rings is 1. The van der Waals surface area contributed by atoms with Gasteiger partial charge >= 0.3 is 11.9 Å². The predicted octanol–water partition coefficient (Wildman–Crippen LogP) is 3.79. The number of rotatable bonds is 3. The van der Waals surface area contributed by atoms with E-state index in [0.717, 1.165) is 6.07 Å². The summed E-state index contributed by atoms with van der Waals surface area (Å²) in [4.78, 5) is 23.0. The third kappa shape index (κ3) is 3.41. The summed E-state index contributed by atoms with van der Waals surface area (Å²) < 4.78 is 46.3. The van der Waals surface area contributed by atoms with Crippen LogP contribution in [0.5, 0.6) is 11.6 Å². The zero-order chi connectivity index (χ0) is 20.6. The molecule has 10 heteroatoms. The quantitative estimate of drug-likeness (QED) is 0.567. The molecule has 3 heterocycles. The van der Waals surface area contributed by atoms with Crippen molar-refractivity contribution < 1.29 is 17.9 Å². The fraction of sp³-hybridized carbons (Fsp3) is 0.0526. The first-order valence-electron chi connectivity index (χ1n) is 8.18. The van der Waals surface area contributed by atoms with Gasteiger partial charge in [-0.15, -0.1) is 0 Å². The van der Waals surface area contributed by atoms with Crippen molar-refractivity contribution in [1.82, 2.24) is 19.5 Å². The highest BCUT2D eigenvalue weighted by atomic mass is 19.4. The van der Waals surface area contributed by atoms with Gasteiger partial charge in [-0.2, -0.15) is 18.4 Å². The van der Waals surface area contributed by atoms with Gasteiger partial charge in [0.15, 0.2) is 5.65 Å². The van der Waals surface area contributed by atoms with Gasteiger partial charge in [0, 0.05) is 12.3 Å². The van der Waals surface area contributed by atoms with Crippen molar-refractivity contribution in [2.45, 2.75) is 6.18 Å². The van der Waals surface area contributed by atoms with Crippen molar-refractivity contribution >= 4 is 11.2 Å². The van der Waals surface area contributed by atoms with Gasteiger partial charge < -0.3 is 9.72 Å². The number of aromatic amines is 1. The number of aromatic nitrogens is 4. The summed E-state index contributed by atoms with van der Waals surface area (Å²) in [5, 5.41) is 8.82. The number of ether oxygens (including phenoxy) is 1. The summed E-state index contributed by atoms with van der Waals surface area (Å²) in [6, 6.07) is 10.8. The van der Waals surface area contributed by atoms with Crippen LogP contribution in [0.4, 0.5) is 13.2 Å². The van der Waals surface area contributed by atoms with Gasteiger partial charge in [-0.05, 0) is 36.4 Å². The number of fused-ring (bicyclic) bond motifs is 1. The third-order valence-electron chi connectivity index (χ3n) is 4.05. The van der Waals surface area contributed by atoms with E-state index in [1.165, 1.54) is 35.2 Å². The lowest BCUT2D eigenvalue weighted by molar-refractivity contribution is -0.138. The molecule has 29 heavy (non-hydrogen) atoms. The lowest BCUT2D eigenvalue weighted by atomic mass is 10.1. The molecule has 1 N–H and O–H groups in total. The molecule has 0 amide bonds. The van der Waals surface area contributed by atoms with E-state index in [9.17, 15) is 18.0 Å². The number of benzene rings is 1. The summed E-state index contributed by atoms with van der Waals surface area (Å²) in [5.41, 5.74) is -0.368. The van der Waals surface area contributed by atoms with Gasteiger partial charge in [0.1, 0.15) is 5.75 Å². The second-order valence-corrected chi connectivity index (χ2v) is 5.92. The maximum absolute atomic E-state index is 13.3. The Morgan fingerprint density at radius 2 is 1.97 bits per heavy atom. The Morgan fingerprint density at radius 3 is 2.66 bits per heavy atom. The average molecular weight is 397 g/mol. The Morgan fingerprint density at radius 1 is 1.14 bits per heavy atom. The number of nitrogens with one attached hydrogen (secondary N) is 1. The molecule has 0 atom stereocenters. The maximum atomic E-state index is 13.3. The molecule has 0 saturated heterocycles. The number of nitrogens with zero attached hydrogens (tertiary/aromatic N) is 4. The highest BCUT2D eigenvalue weighted by molar-refractivity contribution is 5.72. The number of pyridine rings is 2. The molecule has 4 rings (SSSR count). The van der Waals surface area contributed by atoms with Crippen molar-refractivity contribution in [2.24, 2.45) is 0 Å². The minimum absolute atomic E-state index is 0.107. The van der Waals surface area contributed by atoms with E-state index < -0.39 is 23.2 Å². The zero-order valence-electron chi connectivity index (χ0n) is 14.4. The molecule has 0 saturated carbocycles. The second-order valence-electron chi connectivity index (χ2n) is 5.92. The van der Waals surface area contributed by atoms with Crippen LogP contribution in [0.2, 0.25) is 0 Å². The molecule has 0 aliphatic heterocycles. The molecule has 0 unspecified atom stereocenters. The standard InChI is InChI=1S/C19H10F3N5O2/c20-19(21,22)13-8-11(9-23)3-5-15(13)29-16-6-4-12(10-25-16)27-17-14(26-18(27)28)2-1-7-24-17/h1-8,10H,(H,26,28). The Hall–Kier alpha value is -4.13. The van der Waals surface area contributed by atoms with Crippen LogP contribution in [-0.4, -0.2) is 19.5 Å². The largest absolute Gasteiger partial charge is 0.438 e. The molecule has 0 aliphatic rings. The second kappa shape index (κ2) is 6.79. The van der Waals surface area contributed by atoms with E-state index >= 15 is 0 Å². The molecule has 0 aliphatic carbocycles. The first-order chi connectivity index (χ1) is 13.9. The minimum atomic E-state index is -4.70. The molecule has 144 valence electrons. The molecule has 3 aromatic heterocycles. The highest BCUT2D eigenvalue weighted by Crippen LogP contribution is 2.38. The number of hydrogen-bond donors (Lipinski definition) is 1. The van der Waals surface area contributed by atoms with Crippen LogP contribution in [0.25, 0.3) is 16.9 Å². The molecule has 0 bridgehead atoms. The van der Waals surface area contributed by atoms with Crippen LogP contribution in [0.15, 0.2) is 59.7 Å². The topological polar surface area (TPSA) is 96.6 Å². The monoisotopic (exact) mass is 397 g/mol. The first kappa shape index (κ1) is 18.2. The Bertz CT molecular complexity index is 1300. The van der Waals surface area contributed by atoms with Crippen molar-refractivity contribution in [3.63, 3.8) is 0 Å². The van der Waals surface area contributed by atoms with Crippen LogP contribution >= 0.6 is 0 Å². The van der Waals surface area contributed by atoms with E-state index in [-0.39, 0.29) is 11.4 Å². The summed E-state index contributed by atoms with van der Waals surface area (Å²) in [5.74, 6) is -0.590. The van der Waals surface area contributed by atoms with Gasteiger partial charge in [-0.25, -0.2) is 19.3 Å². The van der Waals surface area contributed by atoms with E-state index in [2.05, 4.69) is 15.0 Å². The SMILES string of the molecule is N#Cc1ccc(Oc2ccc(-n3c(=O)[nH]c4cccnc43)cn2)c(C(F)(F)F)c1. The number of nitriles is 1. The van der Waals surface area contributed by atoms with Gasteiger partial charge in [0.25, 0.3) is 0 Å². The molecule has 0 spiro atoms. The maximum Gasteiger partial charge on any atom is 0.420 e. The first-order valence-corrected chi connectivity index (χ1v) is 8.18. The molecular formula is C19H10F3N5O2. The lowest BCUT2D eigenvalue weighted by Crippen LogP contribution is -2.15. The van der Waals surface area contributed by atoms with Crippen molar-refractivity contribution in [3.05, 3.63) is 76.5 Å². The third-order valence-corrected chi connectivity index (χ3v) is 4.05. The average Bonchev–Trinajstić information content (AvgIpc) is 3.04. The molecule has 0 fully saturated rings. The van der Waals surface area contributed by atoms with Gasteiger partial charge in [-0.3, -0.25) is 0 Å². The Labute approximate surface area is 160 Å². The van der Waals surface area contributed by atoms with Crippen LogP contribution in [0.3, 0.4) is 0 Å². The smallest absolute Gasteiger partial charge is 0.420 e. The fourth-order valence-corrected chi connectivity index (χ4v) is 2.77. The fourth-order valence-electron chi connectivity index (χ4n) is 2.77. The minimum Gasteiger partial charge on any atom is -0.438 e. The van der Waals surface area contributed by atoms with Gasteiger partial charge in [-0.1, -0.05) is 0 Å². The van der Waals surface area contributed by atoms with Crippen molar-refractivity contribution in [1.29, 1.82) is 5.26 Å². The predicted molar refractivity (Wildman–Crippen MR) is 95.7 cm³/mol. The van der Waals surface area contributed by atoms with E-state index in [1.54, 1.807) is 18.2 Å². The van der Waals surface area contributed by atoms with Crippen LogP contribution in [0, 0.1) is 11.3 Å². The zero-order valence-corrected chi connectivity index (χ0v) is 14.4. The van der Waals surface area contributed by atoms with Crippen molar-refractivity contribution in [3.8, 4) is 23.4 Å². The normalized spacial score (nSPS) is 11.4. The van der Waals surface area contributed by atoms with Crippen LogP contribution < -0.4 is 10.4 Å². The lowest BCUT2D eigenvalue weighted by Gasteiger charge is -2.13. The molecule has 4 aromatic rings. The van der Waals surface area contributed by atoms with E-state index in [0.29, 0.717) is 22.9 Å². The number of H-pyrrole nitrogens is 1. The molecule has 1 aromatic carbocycles. The summed E-state index contributed by atoms with van der Waals surface area (Å²) in [7, 11) is 0. The van der Waals surface area contributed by atoms with Gasteiger partial charge in [0.05, 0.1) is 34.6 Å². The van der Waals surface area contributed by atoms with Crippen LogP contribution in [0.1, 0.15) is 11.1 Å². The van der Waals surface area contributed by atoms with E-state index in [4.69, 9.17) is 10.00 Å². The Balaban J connectivity index is 1.69. The molecule has 0 radical (unpaired) electrons. The highest BCUT2D eigenvalue weighted by Gasteiger charge is 2.35. The summed E-state index contributed by atoms with van der Waals surface area (Å²) >= 11 is 0. The number of hydrogen-bond acceptors (Lipinski definition) is 5. The summed E-state index contributed by atoms with van der Waals surface area (Å²) in [6.07, 6.45) is -1.89. The van der Waals surface area contributed by atoms with Crippen molar-refractivity contribution in [2.75, 3.05) is 0 Å². The van der Waals surface area contributed by atoms with E-state index in [1.807, 2.05) is 0 Å².